The Morgan fingerprint density at radius 3 is 3.12 bits per heavy atom. The Morgan fingerprint density at radius 2 is 2.35 bits per heavy atom. The zero-order valence-electron chi connectivity index (χ0n) is 10.4. The zero-order valence-corrected chi connectivity index (χ0v) is 10.4. The third-order valence-corrected chi connectivity index (χ3v) is 4.14. The zero-order chi connectivity index (χ0) is 11.7. The van der Waals surface area contributed by atoms with Crippen LogP contribution < -0.4 is 5.32 Å². The Kier molecular flexibility index (Phi) is 2.98. The molecule has 0 saturated heterocycles. The fourth-order valence-electron chi connectivity index (χ4n) is 2.98. The second kappa shape index (κ2) is 4.61. The summed E-state index contributed by atoms with van der Waals surface area (Å²) in [5, 5.41) is 3.67. The second-order valence-electron chi connectivity index (χ2n) is 5.36. The van der Waals surface area contributed by atoms with Crippen molar-refractivity contribution in [1.29, 1.82) is 0 Å². The van der Waals surface area contributed by atoms with Gasteiger partial charge in [-0.25, -0.2) is 0 Å². The van der Waals surface area contributed by atoms with E-state index < -0.39 is 0 Å². The van der Waals surface area contributed by atoms with Crippen LogP contribution in [0.3, 0.4) is 0 Å². The molecular formula is C15H20N2. The number of pyridine rings is 1. The average Bonchev–Trinajstić information content (AvgIpc) is 2.68. The number of nitrogens with zero attached hydrogens (tertiary/aromatic N) is 1. The SMILES string of the molecule is Cc1ccc(CCNC2C[C@@H]3C=CC[C@H]23)nc1. The first kappa shape index (κ1) is 11.0. The van der Waals surface area contributed by atoms with Gasteiger partial charge in [-0.15, -0.1) is 0 Å². The number of hydrogen-bond donors (Lipinski definition) is 1. The molecule has 2 aliphatic rings. The Bertz CT molecular complexity index is 407. The quantitative estimate of drug-likeness (QED) is 0.801. The maximum atomic E-state index is 4.43. The van der Waals surface area contributed by atoms with Crippen LogP contribution >= 0.6 is 0 Å². The summed E-state index contributed by atoms with van der Waals surface area (Å²) in [6.07, 6.45) is 10.4. The number of hydrogen-bond acceptors (Lipinski definition) is 2. The molecule has 90 valence electrons. The van der Waals surface area contributed by atoms with Gasteiger partial charge >= 0.3 is 0 Å². The molecule has 1 aromatic rings. The molecule has 0 radical (unpaired) electrons. The number of aryl methyl sites for hydroxylation is 1. The molecule has 1 heterocycles. The molecule has 1 unspecified atom stereocenters. The van der Waals surface area contributed by atoms with Gasteiger partial charge in [-0.05, 0) is 43.2 Å². The normalized spacial score (nSPS) is 30.1. The molecule has 2 heteroatoms. The first-order valence-electron chi connectivity index (χ1n) is 6.64. The lowest BCUT2D eigenvalue weighted by Crippen LogP contribution is -2.48. The van der Waals surface area contributed by atoms with Gasteiger partial charge in [0.05, 0.1) is 0 Å². The van der Waals surface area contributed by atoms with Gasteiger partial charge in [0.2, 0.25) is 0 Å². The van der Waals surface area contributed by atoms with Crippen molar-refractivity contribution in [3.05, 3.63) is 41.7 Å². The van der Waals surface area contributed by atoms with Gasteiger partial charge < -0.3 is 5.32 Å². The first-order chi connectivity index (χ1) is 8.33. The molecule has 0 amide bonds. The van der Waals surface area contributed by atoms with Gasteiger partial charge in [-0.3, -0.25) is 4.98 Å². The number of rotatable bonds is 4. The highest BCUT2D eigenvalue weighted by molar-refractivity contribution is 5.14. The number of allylic oxidation sites excluding steroid dienone is 2. The molecule has 0 aromatic carbocycles. The third kappa shape index (κ3) is 2.27. The predicted molar refractivity (Wildman–Crippen MR) is 69.8 cm³/mol. The third-order valence-electron chi connectivity index (χ3n) is 4.14. The Hall–Kier alpha value is -1.15. The van der Waals surface area contributed by atoms with Gasteiger partial charge in [0.25, 0.3) is 0 Å². The largest absolute Gasteiger partial charge is 0.313 e. The van der Waals surface area contributed by atoms with Crippen LogP contribution in [0.2, 0.25) is 0 Å². The molecular weight excluding hydrogens is 208 g/mol. The maximum absolute atomic E-state index is 4.43. The average molecular weight is 228 g/mol. The summed E-state index contributed by atoms with van der Waals surface area (Å²) in [6, 6.07) is 5.03. The van der Waals surface area contributed by atoms with Crippen molar-refractivity contribution in [1.82, 2.24) is 10.3 Å². The summed E-state index contributed by atoms with van der Waals surface area (Å²) < 4.78 is 0. The van der Waals surface area contributed by atoms with E-state index in [1.165, 1.54) is 24.1 Å². The van der Waals surface area contributed by atoms with Crippen molar-refractivity contribution in [2.75, 3.05) is 6.54 Å². The molecule has 0 bridgehead atoms. The van der Waals surface area contributed by atoms with Crippen molar-refractivity contribution in [2.24, 2.45) is 11.8 Å². The molecule has 2 nitrogen and oxygen atoms in total. The number of nitrogens with one attached hydrogen (secondary N) is 1. The van der Waals surface area contributed by atoms with E-state index in [2.05, 4.69) is 41.5 Å². The standard InChI is InChI=1S/C15H20N2/c1-11-5-6-13(17-10-11)7-8-16-15-9-12-3-2-4-14(12)15/h2-3,5-6,10,12,14-16H,4,7-9H2,1H3/t12-,14-,15?/m0/s1. The molecule has 3 atom stereocenters. The smallest absolute Gasteiger partial charge is 0.0416 e. The summed E-state index contributed by atoms with van der Waals surface area (Å²) in [7, 11) is 0. The van der Waals surface area contributed by atoms with E-state index in [-0.39, 0.29) is 0 Å². The lowest BCUT2D eigenvalue weighted by Gasteiger charge is -2.41. The second-order valence-corrected chi connectivity index (χ2v) is 5.36. The lowest BCUT2D eigenvalue weighted by atomic mass is 9.71. The minimum Gasteiger partial charge on any atom is -0.313 e. The van der Waals surface area contributed by atoms with Crippen molar-refractivity contribution >= 4 is 0 Å². The van der Waals surface area contributed by atoms with Gasteiger partial charge in [0.15, 0.2) is 0 Å². The monoisotopic (exact) mass is 228 g/mol. The van der Waals surface area contributed by atoms with Crippen LogP contribution in [0, 0.1) is 18.8 Å². The van der Waals surface area contributed by atoms with Crippen LogP contribution in [-0.2, 0) is 6.42 Å². The van der Waals surface area contributed by atoms with E-state index >= 15 is 0 Å². The van der Waals surface area contributed by atoms with Crippen LogP contribution in [0.1, 0.15) is 24.1 Å². The van der Waals surface area contributed by atoms with Gasteiger partial charge in [-0.1, -0.05) is 18.2 Å². The molecule has 3 rings (SSSR count). The van der Waals surface area contributed by atoms with E-state index in [1.54, 1.807) is 0 Å². The Morgan fingerprint density at radius 1 is 1.41 bits per heavy atom. The van der Waals surface area contributed by atoms with Crippen molar-refractivity contribution in [2.45, 2.75) is 32.2 Å². The van der Waals surface area contributed by atoms with Crippen molar-refractivity contribution < 1.29 is 0 Å². The van der Waals surface area contributed by atoms with E-state index in [1.807, 2.05) is 6.20 Å². The molecule has 17 heavy (non-hydrogen) atoms. The van der Waals surface area contributed by atoms with Gasteiger partial charge in [-0.2, -0.15) is 0 Å². The maximum Gasteiger partial charge on any atom is 0.0416 e. The number of aromatic nitrogens is 1. The minimum absolute atomic E-state index is 0.750. The van der Waals surface area contributed by atoms with Gasteiger partial charge in [0, 0.05) is 30.9 Å². The molecule has 1 N–H and O–H groups in total. The van der Waals surface area contributed by atoms with Crippen molar-refractivity contribution in [3.63, 3.8) is 0 Å². The summed E-state index contributed by atoms with van der Waals surface area (Å²) in [5.74, 6) is 1.77. The van der Waals surface area contributed by atoms with E-state index in [9.17, 15) is 0 Å². The summed E-state index contributed by atoms with van der Waals surface area (Å²) in [4.78, 5) is 4.43. The first-order valence-corrected chi connectivity index (χ1v) is 6.64. The van der Waals surface area contributed by atoms with Crippen LogP contribution in [0.4, 0.5) is 0 Å². The Balaban J connectivity index is 1.42. The summed E-state index contributed by atoms with van der Waals surface area (Å²) in [5.41, 5.74) is 2.43. The lowest BCUT2D eigenvalue weighted by molar-refractivity contribution is 0.160. The Labute approximate surface area is 103 Å². The molecule has 0 aliphatic heterocycles. The highest BCUT2D eigenvalue weighted by atomic mass is 14.9. The molecule has 0 spiro atoms. The summed E-state index contributed by atoms with van der Waals surface area (Å²) in [6.45, 7) is 3.14. The minimum atomic E-state index is 0.750. The van der Waals surface area contributed by atoms with E-state index in [4.69, 9.17) is 0 Å². The van der Waals surface area contributed by atoms with Gasteiger partial charge in [0.1, 0.15) is 0 Å². The molecule has 1 saturated carbocycles. The van der Waals surface area contributed by atoms with Crippen LogP contribution in [-0.4, -0.2) is 17.6 Å². The van der Waals surface area contributed by atoms with E-state index in [0.29, 0.717) is 0 Å². The van der Waals surface area contributed by atoms with E-state index in [0.717, 1.165) is 30.8 Å². The topological polar surface area (TPSA) is 24.9 Å². The van der Waals surface area contributed by atoms with Crippen LogP contribution in [0.15, 0.2) is 30.5 Å². The van der Waals surface area contributed by atoms with Crippen LogP contribution in [0.5, 0.6) is 0 Å². The summed E-state index contributed by atoms with van der Waals surface area (Å²) >= 11 is 0. The number of fused-ring (bicyclic) bond motifs is 1. The van der Waals surface area contributed by atoms with Crippen LogP contribution in [0.25, 0.3) is 0 Å². The molecule has 1 aromatic heterocycles. The molecule has 2 aliphatic carbocycles. The molecule has 1 fully saturated rings. The fraction of sp³-hybridized carbons (Fsp3) is 0.533. The predicted octanol–water partition coefficient (Wildman–Crippen LogP) is 2.49. The highest BCUT2D eigenvalue weighted by Crippen LogP contribution is 2.42. The fourth-order valence-corrected chi connectivity index (χ4v) is 2.98. The highest BCUT2D eigenvalue weighted by Gasteiger charge is 2.40. The van der Waals surface area contributed by atoms with Crippen molar-refractivity contribution in [3.8, 4) is 0 Å².